The van der Waals surface area contributed by atoms with Crippen molar-refractivity contribution >= 4 is 21.5 Å². The Kier molecular flexibility index (Phi) is 3.51. The highest BCUT2D eigenvalue weighted by Crippen LogP contribution is 2.38. The fraction of sp³-hybridized carbons (Fsp3) is 0.667. The van der Waals surface area contributed by atoms with Gasteiger partial charge in [-0.1, -0.05) is 0 Å². The number of nitrogens with one attached hydrogen (secondary N) is 2. The van der Waals surface area contributed by atoms with Crippen LogP contribution >= 0.6 is 0 Å². The van der Waals surface area contributed by atoms with Crippen molar-refractivity contribution < 1.29 is 8.42 Å². The van der Waals surface area contributed by atoms with Crippen molar-refractivity contribution in [1.82, 2.24) is 9.97 Å². The van der Waals surface area contributed by atoms with Crippen LogP contribution in [0.25, 0.3) is 0 Å². The van der Waals surface area contributed by atoms with Gasteiger partial charge in [0.1, 0.15) is 17.5 Å². The van der Waals surface area contributed by atoms with Gasteiger partial charge in [0.05, 0.1) is 11.5 Å². The van der Waals surface area contributed by atoms with E-state index in [9.17, 15) is 8.42 Å². The van der Waals surface area contributed by atoms with Gasteiger partial charge in [0.15, 0.2) is 9.84 Å². The van der Waals surface area contributed by atoms with Crippen LogP contribution in [0.3, 0.4) is 0 Å². The quantitative estimate of drug-likeness (QED) is 0.535. The number of nitrogens with zero attached hydrogens (tertiary/aromatic N) is 2. The summed E-state index contributed by atoms with van der Waals surface area (Å²) in [5.41, 5.74) is 2.54. The third kappa shape index (κ3) is 3.18. The van der Waals surface area contributed by atoms with Crippen LogP contribution in [-0.2, 0) is 9.84 Å². The molecule has 8 heteroatoms. The molecule has 0 spiro atoms. The smallest absolute Gasteiger partial charge is 0.150 e. The number of hydrogen-bond donors (Lipinski definition) is 3. The Morgan fingerprint density at radius 1 is 1.25 bits per heavy atom. The highest BCUT2D eigenvalue weighted by molar-refractivity contribution is 7.91. The van der Waals surface area contributed by atoms with Gasteiger partial charge in [-0.05, 0) is 25.2 Å². The van der Waals surface area contributed by atoms with Gasteiger partial charge in [-0.15, -0.1) is 0 Å². The molecular formula is C12H19N5O2S. The van der Waals surface area contributed by atoms with Crippen LogP contribution in [0.2, 0.25) is 0 Å². The summed E-state index contributed by atoms with van der Waals surface area (Å²) in [5.74, 6) is 8.68. The second-order valence-electron chi connectivity index (χ2n) is 5.57. The van der Waals surface area contributed by atoms with Gasteiger partial charge in [0.25, 0.3) is 0 Å². The van der Waals surface area contributed by atoms with E-state index in [2.05, 4.69) is 20.7 Å². The highest BCUT2D eigenvalue weighted by Gasteiger charge is 2.29. The van der Waals surface area contributed by atoms with E-state index in [1.54, 1.807) is 6.07 Å². The van der Waals surface area contributed by atoms with Gasteiger partial charge in [0.2, 0.25) is 0 Å². The molecule has 1 aromatic rings. The summed E-state index contributed by atoms with van der Waals surface area (Å²) in [7, 11) is -2.83. The topological polar surface area (TPSA) is 110 Å². The molecule has 2 aliphatic rings. The molecule has 110 valence electrons. The molecule has 1 aliphatic carbocycles. The number of aromatic nitrogens is 2. The van der Waals surface area contributed by atoms with Crippen LogP contribution in [0.5, 0.6) is 0 Å². The Balaban J connectivity index is 1.66. The van der Waals surface area contributed by atoms with E-state index in [1.807, 2.05) is 0 Å². The molecule has 7 nitrogen and oxygen atoms in total. The summed E-state index contributed by atoms with van der Waals surface area (Å²) in [6.07, 6.45) is 2.96. The lowest BCUT2D eigenvalue weighted by Gasteiger charge is -2.12. The van der Waals surface area contributed by atoms with Crippen LogP contribution in [-0.4, -0.2) is 36.4 Å². The molecule has 1 saturated carbocycles. The van der Waals surface area contributed by atoms with Crippen molar-refractivity contribution in [3.8, 4) is 0 Å². The summed E-state index contributed by atoms with van der Waals surface area (Å²) in [4.78, 5) is 8.81. The van der Waals surface area contributed by atoms with Crippen LogP contribution < -0.4 is 16.6 Å². The molecule has 2 fully saturated rings. The van der Waals surface area contributed by atoms with Gasteiger partial charge < -0.3 is 10.7 Å². The Hall–Kier alpha value is -1.41. The summed E-state index contributed by atoms with van der Waals surface area (Å²) in [6.45, 7) is 0.615. The normalized spacial score (nSPS) is 24.6. The van der Waals surface area contributed by atoms with Crippen LogP contribution in [0.4, 0.5) is 11.6 Å². The Bertz CT molecular complexity index is 600. The van der Waals surface area contributed by atoms with E-state index in [4.69, 9.17) is 5.84 Å². The summed E-state index contributed by atoms with van der Waals surface area (Å²) in [5, 5.41) is 3.21. The zero-order chi connectivity index (χ0) is 14.2. The number of sulfone groups is 1. The molecule has 0 bridgehead atoms. The van der Waals surface area contributed by atoms with Gasteiger partial charge in [-0.3, -0.25) is 0 Å². The van der Waals surface area contributed by atoms with Crippen LogP contribution in [0.1, 0.15) is 31.0 Å². The third-order valence-corrected chi connectivity index (χ3v) is 5.57. The number of rotatable bonds is 5. The van der Waals surface area contributed by atoms with Crippen molar-refractivity contribution in [3.05, 3.63) is 11.9 Å². The Morgan fingerprint density at radius 3 is 2.60 bits per heavy atom. The lowest BCUT2D eigenvalue weighted by molar-refractivity contribution is 0.595. The van der Waals surface area contributed by atoms with E-state index >= 15 is 0 Å². The molecule has 2 heterocycles. The van der Waals surface area contributed by atoms with E-state index in [0.29, 0.717) is 29.9 Å². The van der Waals surface area contributed by atoms with Gasteiger partial charge in [-0.2, -0.15) is 0 Å². The van der Waals surface area contributed by atoms with Crippen molar-refractivity contribution in [2.24, 2.45) is 11.8 Å². The maximum Gasteiger partial charge on any atom is 0.150 e. The number of anilines is 2. The Labute approximate surface area is 118 Å². The Morgan fingerprint density at radius 2 is 2.00 bits per heavy atom. The molecule has 1 aliphatic heterocycles. The third-order valence-electron chi connectivity index (χ3n) is 3.73. The first kappa shape index (κ1) is 13.6. The first-order valence-electron chi connectivity index (χ1n) is 6.85. The maximum absolute atomic E-state index is 11.4. The van der Waals surface area contributed by atoms with Crippen molar-refractivity contribution in [2.45, 2.75) is 25.2 Å². The molecule has 0 amide bonds. The first-order valence-corrected chi connectivity index (χ1v) is 8.68. The number of hydrogen-bond acceptors (Lipinski definition) is 7. The second kappa shape index (κ2) is 5.17. The second-order valence-corrected chi connectivity index (χ2v) is 7.79. The van der Waals surface area contributed by atoms with Crippen LogP contribution in [0.15, 0.2) is 6.07 Å². The summed E-state index contributed by atoms with van der Waals surface area (Å²) < 4.78 is 22.8. The van der Waals surface area contributed by atoms with Crippen LogP contribution in [0, 0.1) is 5.92 Å². The molecule has 20 heavy (non-hydrogen) atoms. The molecule has 3 rings (SSSR count). The van der Waals surface area contributed by atoms with Crippen molar-refractivity contribution in [2.75, 3.05) is 28.8 Å². The van der Waals surface area contributed by atoms with Crippen molar-refractivity contribution in [1.29, 1.82) is 0 Å². The summed E-state index contributed by atoms with van der Waals surface area (Å²) in [6, 6.07) is 1.75. The zero-order valence-electron chi connectivity index (χ0n) is 11.2. The van der Waals surface area contributed by atoms with E-state index in [-0.39, 0.29) is 11.7 Å². The average molecular weight is 297 g/mol. The predicted molar refractivity (Wildman–Crippen MR) is 77.1 cm³/mol. The molecule has 1 aromatic heterocycles. The minimum absolute atomic E-state index is 0.161. The molecule has 1 unspecified atom stereocenters. The standard InChI is InChI=1S/C12H19N5O2S/c13-17-11-5-10(15-12(16-11)9-1-2-9)14-6-8-3-4-20(18,19)7-8/h5,8-9H,1-4,6-7,13H2,(H2,14,15,16,17). The largest absolute Gasteiger partial charge is 0.370 e. The predicted octanol–water partition coefficient (Wildman–Crippen LogP) is 0.486. The minimum atomic E-state index is -2.83. The molecule has 4 N–H and O–H groups in total. The maximum atomic E-state index is 11.4. The average Bonchev–Trinajstić information content (AvgIpc) is 3.21. The SMILES string of the molecule is NNc1cc(NCC2CCS(=O)(=O)C2)nc(C2CC2)n1. The minimum Gasteiger partial charge on any atom is -0.370 e. The molecule has 0 aromatic carbocycles. The molecule has 1 atom stereocenters. The van der Waals surface area contributed by atoms with Gasteiger partial charge in [-0.25, -0.2) is 24.2 Å². The monoisotopic (exact) mass is 297 g/mol. The summed E-state index contributed by atoms with van der Waals surface area (Å²) >= 11 is 0. The number of nitrogens with two attached hydrogens (primary N) is 1. The van der Waals surface area contributed by atoms with E-state index < -0.39 is 9.84 Å². The van der Waals surface area contributed by atoms with E-state index in [0.717, 1.165) is 25.1 Å². The molecular weight excluding hydrogens is 278 g/mol. The van der Waals surface area contributed by atoms with E-state index in [1.165, 1.54) is 0 Å². The molecule has 0 radical (unpaired) electrons. The highest BCUT2D eigenvalue weighted by atomic mass is 32.2. The fourth-order valence-corrected chi connectivity index (χ4v) is 4.30. The lowest BCUT2D eigenvalue weighted by atomic mass is 10.1. The first-order chi connectivity index (χ1) is 9.55. The van der Waals surface area contributed by atoms with Crippen molar-refractivity contribution in [3.63, 3.8) is 0 Å². The number of nitrogen functional groups attached to an aromatic ring is 1. The number of hydrazine groups is 1. The zero-order valence-corrected chi connectivity index (χ0v) is 12.0. The van der Waals surface area contributed by atoms with Gasteiger partial charge in [0, 0.05) is 18.5 Å². The van der Waals surface area contributed by atoms with Gasteiger partial charge >= 0.3 is 0 Å². The lowest BCUT2D eigenvalue weighted by Crippen LogP contribution is -2.17. The molecule has 1 saturated heterocycles. The fourth-order valence-electron chi connectivity index (χ4n) is 2.44.